The van der Waals surface area contributed by atoms with E-state index < -0.39 is 12.6 Å². The molecule has 0 radical (unpaired) electrons. The van der Waals surface area contributed by atoms with Gasteiger partial charge in [-0.25, -0.2) is 14.2 Å². The van der Waals surface area contributed by atoms with Crippen molar-refractivity contribution < 1.29 is 14.6 Å². The number of aliphatic carboxylic acids is 1. The van der Waals surface area contributed by atoms with Crippen LogP contribution < -0.4 is 14.8 Å². The highest BCUT2D eigenvalue weighted by Gasteiger charge is 2.10. The third-order valence-corrected chi connectivity index (χ3v) is 4.63. The smallest absolute Gasteiger partial charge is 0.341 e. The van der Waals surface area contributed by atoms with Crippen LogP contribution in [0.4, 0.5) is 0 Å². The molecule has 0 unspecified atom stereocenters. The molecule has 0 aliphatic rings. The highest BCUT2D eigenvalue weighted by molar-refractivity contribution is 7.15. The Hall–Kier alpha value is -3.19. The van der Waals surface area contributed by atoms with E-state index in [1.54, 1.807) is 28.7 Å². The number of hydrogen-bond acceptors (Lipinski definition) is 5. The number of rotatable bonds is 4. The Bertz CT molecular complexity index is 1210. The van der Waals surface area contributed by atoms with Crippen molar-refractivity contribution in [3.05, 3.63) is 69.0 Å². The number of para-hydroxylation sites is 2. The van der Waals surface area contributed by atoms with Crippen molar-refractivity contribution in [3.8, 4) is 5.75 Å². The van der Waals surface area contributed by atoms with Crippen LogP contribution >= 0.6 is 11.3 Å². The van der Waals surface area contributed by atoms with Crippen LogP contribution in [0, 0.1) is 0 Å². The molecule has 4 rings (SSSR count). The number of fused-ring (bicyclic) bond motifs is 3. The van der Waals surface area contributed by atoms with E-state index in [1.807, 2.05) is 30.3 Å². The van der Waals surface area contributed by atoms with Crippen molar-refractivity contribution in [1.29, 1.82) is 0 Å². The van der Waals surface area contributed by atoms with Crippen molar-refractivity contribution in [1.82, 2.24) is 9.38 Å². The van der Waals surface area contributed by atoms with Crippen molar-refractivity contribution in [2.24, 2.45) is 0 Å². The number of thiazole rings is 1. The molecule has 0 atom stereocenters. The molecule has 0 spiro atoms. The standard InChI is InChI=1S/C18H12N2O4S/c21-16(22)10-24-12-5-3-4-11(8-12)9-15-17(23)20-14-7-2-1-6-13(14)19-18(20)25-15/h1-9H,10H2,(H,21,22)/b15-9+. The number of nitrogens with zero attached hydrogens (tertiary/aromatic N) is 2. The van der Waals surface area contributed by atoms with Crippen LogP contribution in [-0.4, -0.2) is 27.1 Å². The van der Waals surface area contributed by atoms with Crippen LogP contribution in [0.3, 0.4) is 0 Å². The first-order chi connectivity index (χ1) is 12.1. The van der Waals surface area contributed by atoms with Gasteiger partial charge in [0.25, 0.3) is 5.56 Å². The minimum atomic E-state index is -1.04. The van der Waals surface area contributed by atoms with Gasteiger partial charge in [0.1, 0.15) is 5.75 Å². The SMILES string of the molecule is O=C(O)COc1cccc(/C=c2/sc3nc4ccccc4n3c2=O)c1. The number of hydrogen-bond donors (Lipinski definition) is 1. The first-order valence-corrected chi connectivity index (χ1v) is 8.30. The Morgan fingerprint density at radius 2 is 2.08 bits per heavy atom. The van der Waals surface area contributed by atoms with Crippen LogP contribution in [0.2, 0.25) is 0 Å². The molecule has 2 aromatic carbocycles. The van der Waals surface area contributed by atoms with Crippen LogP contribution in [0.15, 0.2) is 53.3 Å². The summed E-state index contributed by atoms with van der Waals surface area (Å²) < 4.78 is 7.33. The molecule has 25 heavy (non-hydrogen) atoms. The fraction of sp³-hybridized carbons (Fsp3) is 0.0556. The van der Waals surface area contributed by atoms with Gasteiger partial charge in [-0.2, -0.15) is 0 Å². The van der Waals surface area contributed by atoms with E-state index in [4.69, 9.17) is 9.84 Å². The summed E-state index contributed by atoms with van der Waals surface area (Å²) in [5.74, 6) is -0.599. The molecule has 1 N–H and O–H groups in total. The highest BCUT2D eigenvalue weighted by atomic mass is 32.1. The fourth-order valence-electron chi connectivity index (χ4n) is 2.60. The maximum absolute atomic E-state index is 12.7. The predicted octanol–water partition coefficient (Wildman–Crippen LogP) is 1.92. The average Bonchev–Trinajstić information content (AvgIpc) is 3.10. The number of imidazole rings is 1. The number of ether oxygens (including phenoxy) is 1. The molecule has 0 aliphatic carbocycles. The molecule has 0 saturated heterocycles. The van der Waals surface area contributed by atoms with Crippen LogP contribution in [0.25, 0.3) is 22.1 Å². The summed E-state index contributed by atoms with van der Waals surface area (Å²) in [7, 11) is 0. The molecular formula is C18H12N2O4S. The van der Waals surface area contributed by atoms with Gasteiger partial charge < -0.3 is 9.84 Å². The van der Waals surface area contributed by atoms with E-state index in [1.165, 1.54) is 11.3 Å². The molecule has 0 aliphatic heterocycles. The second-order valence-corrected chi connectivity index (χ2v) is 6.40. The summed E-state index contributed by atoms with van der Waals surface area (Å²) in [6.45, 7) is -0.408. The summed E-state index contributed by atoms with van der Waals surface area (Å²) in [4.78, 5) is 28.4. The summed E-state index contributed by atoms with van der Waals surface area (Å²) in [5.41, 5.74) is 2.22. The lowest BCUT2D eigenvalue weighted by Crippen LogP contribution is -2.22. The zero-order chi connectivity index (χ0) is 17.4. The van der Waals surface area contributed by atoms with E-state index in [9.17, 15) is 9.59 Å². The van der Waals surface area contributed by atoms with E-state index in [-0.39, 0.29) is 5.56 Å². The molecular weight excluding hydrogens is 340 g/mol. The molecule has 124 valence electrons. The van der Waals surface area contributed by atoms with Gasteiger partial charge in [-0.05, 0) is 35.9 Å². The normalized spacial score (nSPS) is 12.1. The van der Waals surface area contributed by atoms with E-state index >= 15 is 0 Å². The third-order valence-electron chi connectivity index (χ3n) is 3.66. The van der Waals surface area contributed by atoms with Crippen molar-refractivity contribution in [2.75, 3.05) is 6.61 Å². The quantitative estimate of drug-likeness (QED) is 0.607. The Kier molecular flexibility index (Phi) is 3.70. The van der Waals surface area contributed by atoms with Gasteiger partial charge in [0.15, 0.2) is 11.6 Å². The number of carboxylic acids is 1. The molecule has 0 bridgehead atoms. The van der Waals surface area contributed by atoms with Gasteiger partial charge in [-0.3, -0.25) is 4.79 Å². The molecule has 4 aromatic rings. The van der Waals surface area contributed by atoms with Crippen molar-refractivity contribution >= 4 is 39.4 Å². The zero-order valence-corrected chi connectivity index (χ0v) is 13.7. The Morgan fingerprint density at radius 3 is 2.92 bits per heavy atom. The number of aromatic nitrogens is 2. The monoisotopic (exact) mass is 352 g/mol. The largest absolute Gasteiger partial charge is 0.482 e. The summed E-state index contributed by atoms with van der Waals surface area (Å²) in [5, 5.41) is 8.68. The average molecular weight is 352 g/mol. The number of carboxylic acid groups (broad SMARTS) is 1. The summed E-state index contributed by atoms with van der Waals surface area (Å²) in [6.07, 6.45) is 1.75. The van der Waals surface area contributed by atoms with Crippen LogP contribution in [-0.2, 0) is 4.79 Å². The number of carbonyl (C=O) groups is 1. The molecule has 0 amide bonds. The van der Waals surface area contributed by atoms with E-state index in [2.05, 4.69) is 4.98 Å². The van der Waals surface area contributed by atoms with Gasteiger partial charge in [-0.15, -0.1) is 0 Å². The highest BCUT2D eigenvalue weighted by Crippen LogP contribution is 2.17. The van der Waals surface area contributed by atoms with Gasteiger partial charge in [0.05, 0.1) is 15.6 Å². The first-order valence-electron chi connectivity index (χ1n) is 7.48. The third kappa shape index (κ3) is 2.85. The van der Waals surface area contributed by atoms with Gasteiger partial charge in [0.2, 0.25) is 0 Å². The molecule has 0 saturated carbocycles. The Labute approximate surface area is 145 Å². The first kappa shape index (κ1) is 15.3. The summed E-state index contributed by atoms with van der Waals surface area (Å²) in [6, 6.07) is 14.5. The molecule has 0 fully saturated rings. The second-order valence-electron chi connectivity index (χ2n) is 5.39. The Balaban J connectivity index is 1.79. The molecule has 6 nitrogen and oxygen atoms in total. The topological polar surface area (TPSA) is 80.9 Å². The minimum absolute atomic E-state index is 0.120. The van der Waals surface area contributed by atoms with E-state index in [0.29, 0.717) is 15.2 Å². The van der Waals surface area contributed by atoms with Crippen molar-refractivity contribution in [2.45, 2.75) is 0 Å². The molecule has 2 aromatic heterocycles. The van der Waals surface area contributed by atoms with Crippen LogP contribution in [0.1, 0.15) is 5.56 Å². The van der Waals surface area contributed by atoms with Gasteiger partial charge in [0, 0.05) is 0 Å². The lowest BCUT2D eigenvalue weighted by atomic mass is 10.2. The number of benzene rings is 2. The van der Waals surface area contributed by atoms with Gasteiger partial charge in [-0.1, -0.05) is 35.6 Å². The van der Waals surface area contributed by atoms with Gasteiger partial charge >= 0.3 is 5.97 Å². The van der Waals surface area contributed by atoms with Crippen molar-refractivity contribution in [3.63, 3.8) is 0 Å². The van der Waals surface area contributed by atoms with E-state index in [0.717, 1.165) is 16.6 Å². The van der Waals surface area contributed by atoms with Crippen LogP contribution in [0.5, 0.6) is 5.75 Å². The summed E-state index contributed by atoms with van der Waals surface area (Å²) >= 11 is 1.32. The zero-order valence-electron chi connectivity index (χ0n) is 12.9. The molecule has 7 heteroatoms. The lowest BCUT2D eigenvalue weighted by molar-refractivity contribution is -0.139. The fourth-order valence-corrected chi connectivity index (χ4v) is 3.59. The second kappa shape index (κ2) is 6.03. The molecule has 2 heterocycles. The minimum Gasteiger partial charge on any atom is -0.482 e. The maximum atomic E-state index is 12.7. The lowest BCUT2D eigenvalue weighted by Gasteiger charge is -2.03. The predicted molar refractivity (Wildman–Crippen MR) is 95.2 cm³/mol. The Morgan fingerprint density at radius 1 is 1.24 bits per heavy atom. The maximum Gasteiger partial charge on any atom is 0.341 e.